The fraction of sp³-hybridized carbons (Fsp3) is 0.250. The summed E-state index contributed by atoms with van der Waals surface area (Å²) in [6.45, 7) is -0.156. The highest BCUT2D eigenvalue weighted by Crippen LogP contribution is 2.39. The van der Waals surface area contributed by atoms with E-state index in [2.05, 4.69) is 20.6 Å². The molecule has 0 spiro atoms. The minimum atomic E-state index is -4.68. The first-order chi connectivity index (χ1) is 16.7. The molecule has 182 valence electrons. The molecule has 0 saturated heterocycles. The predicted octanol–water partition coefficient (Wildman–Crippen LogP) is 3.88. The van der Waals surface area contributed by atoms with Gasteiger partial charge in [-0.2, -0.15) is 13.2 Å². The first-order valence-electron chi connectivity index (χ1n) is 10.6. The van der Waals surface area contributed by atoms with E-state index in [1.165, 1.54) is 50.1 Å². The molecule has 3 aromatic rings. The largest absolute Gasteiger partial charge is 0.497 e. The molecule has 0 bridgehead atoms. The molecular weight excluding hydrogens is 465 g/mol. The molecule has 35 heavy (non-hydrogen) atoms. The number of hydrogen-bond donors (Lipinski definition) is 2. The summed E-state index contributed by atoms with van der Waals surface area (Å²) in [5.41, 5.74) is -1.64. The highest BCUT2D eigenvalue weighted by Gasteiger charge is 2.51. The first-order valence-corrected chi connectivity index (χ1v) is 10.6. The van der Waals surface area contributed by atoms with Crippen molar-refractivity contribution in [2.45, 2.75) is 31.1 Å². The zero-order valence-electron chi connectivity index (χ0n) is 18.6. The van der Waals surface area contributed by atoms with Crippen LogP contribution in [0.1, 0.15) is 34.3 Å². The van der Waals surface area contributed by atoms with Crippen molar-refractivity contribution in [1.82, 2.24) is 20.6 Å². The van der Waals surface area contributed by atoms with Crippen molar-refractivity contribution in [3.63, 3.8) is 0 Å². The number of carbonyl (C=O) groups is 2. The van der Waals surface area contributed by atoms with Gasteiger partial charge in [0.15, 0.2) is 0 Å². The van der Waals surface area contributed by atoms with Crippen LogP contribution in [0.2, 0.25) is 0 Å². The molecule has 1 saturated carbocycles. The van der Waals surface area contributed by atoms with E-state index < -0.39 is 29.1 Å². The number of aromatic nitrogens is 2. The smallest absolute Gasteiger partial charge is 0.419 e. The molecule has 4 rings (SSSR count). The lowest BCUT2D eigenvalue weighted by Crippen LogP contribution is -2.48. The Hall–Kier alpha value is -4.15. The molecule has 1 fully saturated rings. The third-order valence-corrected chi connectivity index (χ3v) is 5.45. The summed E-state index contributed by atoms with van der Waals surface area (Å²) in [6, 6.07) is 9.72. The Kier molecular flexibility index (Phi) is 6.59. The molecular formula is C24H21F3N4O4. The van der Waals surface area contributed by atoms with E-state index in [0.717, 1.165) is 6.07 Å². The molecule has 11 heteroatoms. The van der Waals surface area contributed by atoms with Crippen LogP contribution >= 0.6 is 0 Å². The lowest BCUT2D eigenvalue weighted by Gasteiger charge is -2.18. The molecule has 1 aromatic heterocycles. The molecule has 0 radical (unpaired) electrons. The van der Waals surface area contributed by atoms with Crippen molar-refractivity contribution < 1.29 is 32.2 Å². The van der Waals surface area contributed by atoms with Crippen LogP contribution in [0.3, 0.4) is 0 Å². The van der Waals surface area contributed by atoms with Gasteiger partial charge in [0.1, 0.15) is 29.1 Å². The Labute approximate surface area is 198 Å². The van der Waals surface area contributed by atoms with Gasteiger partial charge < -0.3 is 20.1 Å². The number of halogens is 3. The van der Waals surface area contributed by atoms with E-state index in [1.54, 1.807) is 12.1 Å². The number of amides is 2. The van der Waals surface area contributed by atoms with Gasteiger partial charge in [0.05, 0.1) is 18.2 Å². The number of benzene rings is 2. The van der Waals surface area contributed by atoms with Crippen molar-refractivity contribution in [2.24, 2.45) is 0 Å². The Morgan fingerprint density at radius 1 is 1.03 bits per heavy atom. The molecule has 1 aliphatic rings. The van der Waals surface area contributed by atoms with Crippen molar-refractivity contribution in [2.75, 3.05) is 7.11 Å². The number of ether oxygens (including phenoxy) is 2. The molecule has 2 N–H and O–H groups in total. The Bertz CT molecular complexity index is 1210. The second kappa shape index (κ2) is 9.61. The number of alkyl halides is 3. The lowest BCUT2D eigenvalue weighted by atomic mass is 10.1. The highest BCUT2D eigenvalue weighted by molar-refractivity contribution is 6.00. The summed E-state index contributed by atoms with van der Waals surface area (Å²) in [5, 5.41) is 5.27. The zero-order chi connectivity index (χ0) is 25.1. The maximum Gasteiger partial charge on any atom is 0.419 e. The van der Waals surface area contributed by atoms with Gasteiger partial charge in [0.25, 0.3) is 5.91 Å². The average Bonchev–Trinajstić information content (AvgIpc) is 3.64. The number of nitrogens with one attached hydrogen (secondary N) is 2. The molecule has 2 amide bonds. The van der Waals surface area contributed by atoms with E-state index in [0.29, 0.717) is 18.6 Å². The van der Waals surface area contributed by atoms with Crippen LogP contribution in [0, 0.1) is 0 Å². The van der Waals surface area contributed by atoms with Gasteiger partial charge in [0, 0.05) is 18.9 Å². The Morgan fingerprint density at radius 2 is 1.69 bits per heavy atom. The van der Waals surface area contributed by atoms with Gasteiger partial charge in [-0.3, -0.25) is 9.59 Å². The molecule has 8 nitrogen and oxygen atoms in total. The minimum absolute atomic E-state index is 0.156. The maximum absolute atomic E-state index is 13.7. The Balaban J connectivity index is 1.43. The molecule has 1 heterocycles. The van der Waals surface area contributed by atoms with E-state index in [-0.39, 0.29) is 29.2 Å². The average molecular weight is 486 g/mol. The fourth-order valence-electron chi connectivity index (χ4n) is 3.36. The first kappa shape index (κ1) is 24.0. The van der Waals surface area contributed by atoms with Crippen LogP contribution < -0.4 is 20.1 Å². The second-order valence-corrected chi connectivity index (χ2v) is 7.95. The normalized spacial score (nSPS) is 14.1. The standard InChI is InChI=1S/C24H21F3N4O4/c1-34-17-3-5-18(6-4-17)35-20-7-2-15(10-19(20)24(25,26)27)11-30-22(33)23(8-9-23)31-21(32)16-12-28-14-29-13-16/h2-7,10,12-14H,8-9,11H2,1H3,(H,30,33)(H,31,32). The van der Waals surface area contributed by atoms with Crippen LogP contribution in [0.25, 0.3) is 0 Å². The van der Waals surface area contributed by atoms with Crippen molar-refractivity contribution in [3.8, 4) is 17.2 Å². The van der Waals surface area contributed by atoms with E-state index in [1.807, 2.05) is 0 Å². The maximum atomic E-state index is 13.7. The van der Waals surface area contributed by atoms with Crippen LogP contribution in [0.4, 0.5) is 13.2 Å². The molecule has 2 aromatic carbocycles. The number of hydrogen-bond acceptors (Lipinski definition) is 6. The summed E-state index contributed by atoms with van der Waals surface area (Å²) in [7, 11) is 1.48. The zero-order valence-corrected chi connectivity index (χ0v) is 18.6. The summed E-state index contributed by atoms with van der Waals surface area (Å²) < 4.78 is 51.6. The van der Waals surface area contributed by atoms with Gasteiger partial charge >= 0.3 is 6.18 Å². The van der Waals surface area contributed by atoms with Crippen LogP contribution in [0.15, 0.2) is 61.2 Å². The van der Waals surface area contributed by atoms with Crippen molar-refractivity contribution >= 4 is 11.8 Å². The van der Waals surface area contributed by atoms with Crippen LogP contribution in [-0.2, 0) is 17.5 Å². The monoisotopic (exact) mass is 486 g/mol. The van der Waals surface area contributed by atoms with Crippen molar-refractivity contribution in [3.05, 3.63) is 77.9 Å². The number of nitrogens with zero attached hydrogens (tertiary/aromatic N) is 2. The summed E-state index contributed by atoms with van der Waals surface area (Å²) in [4.78, 5) is 32.6. The SMILES string of the molecule is COc1ccc(Oc2ccc(CNC(=O)C3(NC(=O)c4cncnc4)CC3)cc2C(F)(F)F)cc1. The minimum Gasteiger partial charge on any atom is -0.497 e. The number of rotatable bonds is 8. The van der Waals surface area contributed by atoms with Crippen molar-refractivity contribution in [1.29, 1.82) is 0 Å². The number of carbonyl (C=O) groups excluding carboxylic acids is 2. The summed E-state index contributed by atoms with van der Waals surface area (Å²) >= 11 is 0. The highest BCUT2D eigenvalue weighted by atomic mass is 19.4. The fourth-order valence-corrected chi connectivity index (χ4v) is 3.36. The van der Waals surface area contributed by atoms with Gasteiger partial charge in [-0.1, -0.05) is 6.07 Å². The third kappa shape index (κ3) is 5.68. The molecule has 0 unspecified atom stereocenters. The van der Waals surface area contributed by atoms with Crippen LogP contribution in [0.5, 0.6) is 17.2 Å². The molecule has 1 aliphatic carbocycles. The van der Waals surface area contributed by atoms with E-state index >= 15 is 0 Å². The third-order valence-electron chi connectivity index (χ3n) is 5.45. The quantitative estimate of drug-likeness (QED) is 0.501. The molecule has 0 aliphatic heterocycles. The summed E-state index contributed by atoms with van der Waals surface area (Å²) in [6.07, 6.45) is 0.0840. The van der Waals surface area contributed by atoms with Gasteiger partial charge in [-0.05, 0) is 54.8 Å². The molecule has 0 atom stereocenters. The Morgan fingerprint density at radius 3 is 2.29 bits per heavy atom. The van der Waals surface area contributed by atoms with Gasteiger partial charge in [-0.15, -0.1) is 0 Å². The predicted molar refractivity (Wildman–Crippen MR) is 118 cm³/mol. The van der Waals surface area contributed by atoms with E-state index in [9.17, 15) is 22.8 Å². The van der Waals surface area contributed by atoms with E-state index in [4.69, 9.17) is 9.47 Å². The second-order valence-electron chi connectivity index (χ2n) is 7.95. The number of methoxy groups -OCH3 is 1. The van der Waals surface area contributed by atoms with Gasteiger partial charge in [-0.25, -0.2) is 9.97 Å². The topological polar surface area (TPSA) is 102 Å². The lowest BCUT2D eigenvalue weighted by molar-refractivity contribution is -0.138. The van der Waals surface area contributed by atoms with Crippen LogP contribution in [-0.4, -0.2) is 34.4 Å². The summed E-state index contributed by atoms with van der Waals surface area (Å²) in [5.74, 6) is -0.588. The van der Waals surface area contributed by atoms with Gasteiger partial charge in [0.2, 0.25) is 5.91 Å².